The van der Waals surface area contributed by atoms with Crippen LogP contribution in [0.4, 0.5) is 5.69 Å². The molecule has 1 rings (SSSR count). The predicted octanol–water partition coefficient (Wildman–Crippen LogP) is 3.73. The Bertz CT molecular complexity index is 508. The highest BCUT2D eigenvalue weighted by Crippen LogP contribution is 2.21. The lowest BCUT2D eigenvalue weighted by molar-refractivity contribution is -0.385. The van der Waals surface area contributed by atoms with Crippen molar-refractivity contribution in [3.63, 3.8) is 0 Å². The first-order valence-electron chi connectivity index (χ1n) is 7.10. The molecule has 1 aromatic rings. The van der Waals surface area contributed by atoms with Gasteiger partial charge < -0.3 is 5.32 Å². The fraction of sp³-hybridized carbons (Fsp3) is 0.571. The first-order chi connectivity index (χ1) is 9.99. The maximum absolute atomic E-state index is 12.3. The van der Waals surface area contributed by atoms with Crippen molar-refractivity contribution in [3.05, 3.63) is 33.1 Å². The van der Waals surface area contributed by atoms with Crippen LogP contribution in [0.1, 0.15) is 56.3 Å². The van der Waals surface area contributed by atoms with Gasteiger partial charge in [-0.2, -0.15) is 0 Å². The van der Waals surface area contributed by atoms with Gasteiger partial charge in [0.05, 0.1) is 4.92 Å². The summed E-state index contributed by atoms with van der Waals surface area (Å²) >= 11 is 5.73. The Morgan fingerprint density at radius 2 is 2.14 bits per heavy atom. The van der Waals surface area contributed by atoms with E-state index in [2.05, 4.69) is 17.2 Å². The van der Waals surface area contributed by atoms with Crippen LogP contribution >= 0.6 is 11.6 Å². The van der Waals surface area contributed by atoms with Crippen LogP contribution in [-0.2, 0) is 0 Å². The van der Waals surface area contributed by atoms with E-state index in [9.17, 15) is 14.9 Å². The van der Waals surface area contributed by atoms with Gasteiger partial charge in [-0.05, 0) is 18.9 Å². The summed E-state index contributed by atoms with van der Waals surface area (Å²) in [4.78, 5) is 26.3. The zero-order chi connectivity index (χ0) is 15.8. The van der Waals surface area contributed by atoms with Crippen molar-refractivity contribution >= 4 is 23.2 Å². The van der Waals surface area contributed by atoms with Crippen LogP contribution in [0, 0.1) is 10.1 Å². The molecule has 0 bridgehead atoms. The molecule has 1 unspecified atom stereocenters. The van der Waals surface area contributed by atoms with Crippen LogP contribution in [0.5, 0.6) is 0 Å². The number of amides is 1. The van der Waals surface area contributed by atoms with Crippen LogP contribution in [0.2, 0.25) is 5.15 Å². The van der Waals surface area contributed by atoms with Gasteiger partial charge in [0.15, 0.2) is 0 Å². The van der Waals surface area contributed by atoms with Gasteiger partial charge in [-0.25, -0.2) is 4.98 Å². The fourth-order valence-electron chi connectivity index (χ4n) is 2.10. The van der Waals surface area contributed by atoms with Gasteiger partial charge in [0.25, 0.3) is 11.6 Å². The van der Waals surface area contributed by atoms with Gasteiger partial charge in [0.1, 0.15) is 16.9 Å². The number of hydrogen-bond acceptors (Lipinski definition) is 4. The highest BCUT2D eigenvalue weighted by atomic mass is 35.5. The smallest absolute Gasteiger partial charge is 0.300 e. The van der Waals surface area contributed by atoms with E-state index in [1.165, 1.54) is 6.07 Å². The molecule has 0 aliphatic rings. The molecule has 0 aliphatic carbocycles. The second-order valence-electron chi connectivity index (χ2n) is 4.88. The molecule has 7 heteroatoms. The van der Waals surface area contributed by atoms with E-state index in [1.807, 2.05) is 6.92 Å². The normalized spacial score (nSPS) is 12.0. The van der Waals surface area contributed by atoms with Gasteiger partial charge in [-0.1, -0.05) is 44.7 Å². The summed E-state index contributed by atoms with van der Waals surface area (Å²) < 4.78 is 0. The Labute approximate surface area is 129 Å². The minimum atomic E-state index is -0.626. The second-order valence-corrected chi connectivity index (χ2v) is 5.27. The third kappa shape index (κ3) is 5.30. The van der Waals surface area contributed by atoms with Crippen molar-refractivity contribution in [1.29, 1.82) is 0 Å². The van der Waals surface area contributed by atoms with Crippen molar-refractivity contribution in [1.82, 2.24) is 10.3 Å². The van der Waals surface area contributed by atoms with Crippen molar-refractivity contribution in [2.45, 2.75) is 52.0 Å². The quantitative estimate of drug-likeness (QED) is 0.450. The molecule has 0 aliphatic heterocycles. The number of halogens is 1. The lowest BCUT2D eigenvalue weighted by Crippen LogP contribution is -2.35. The zero-order valence-electron chi connectivity index (χ0n) is 12.3. The van der Waals surface area contributed by atoms with Gasteiger partial charge in [0, 0.05) is 6.04 Å². The molecule has 1 atom stereocenters. The molecule has 0 radical (unpaired) electrons. The number of carbonyl (C=O) groups excluding carboxylic acids is 1. The molecule has 0 saturated heterocycles. The van der Waals surface area contributed by atoms with Gasteiger partial charge in [0.2, 0.25) is 0 Å². The van der Waals surface area contributed by atoms with Gasteiger partial charge in [-0.3, -0.25) is 14.9 Å². The predicted molar refractivity (Wildman–Crippen MR) is 81.6 cm³/mol. The molecule has 1 N–H and O–H groups in total. The maximum Gasteiger partial charge on any atom is 0.300 e. The van der Waals surface area contributed by atoms with E-state index in [0.717, 1.165) is 38.3 Å². The molecular weight excluding hydrogens is 294 g/mol. The van der Waals surface area contributed by atoms with Crippen LogP contribution < -0.4 is 5.32 Å². The summed E-state index contributed by atoms with van der Waals surface area (Å²) in [6, 6.07) is 1.26. The van der Waals surface area contributed by atoms with E-state index < -0.39 is 10.8 Å². The Morgan fingerprint density at radius 3 is 2.71 bits per heavy atom. The number of pyridine rings is 1. The Hall–Kier alpha value is -1.69. The molecular formula is C14H20ClN3O3. The van der Waals surface area contributed by atoms with E-state index in [-0.39, 0.29) is 22.4 Å². The number of unbranched alkanes of at least 4 members (excludes halogenated alkanes) is 1. The molecule has 1 heterocycles. The summed E-state index contributed by atoms with van der Waals surface area (Å²) in [5, 5.41) is 13.9. The molecule has 0 spiro atoms. The fourth-order valence-corrected chi connectivity index (χ4v) is 2.26. The number of rotatable bonds is 8. The average Bonchev–Trinajstić information content (AvgIpc) is 2.44. The Balaban J connectivity index is 2.90. The summed E-state index contributed by atoms with van der Waals surface area (Å²) in [5.41, 5.74) is -0.375. The number of hydrogen-bond donors (Lipinski definition) is 1. The van der Waals surface area contributed by atoms with E-state index >= 15 is 0 Å². The first-order valence-corrected chi connectivity index (χ1v) is 7.48. The molecule has 21 heavy (non-hydrogen) atoms. The van der Waals surface area contributed by atoms with Crippen LogP contribution in [-0.4, -0.2) is 21.9 Å². The van der Waals surface area contributed by atoms with Crippen LogP contribution in [0.3, 0.4) is 0 Å². The van der Waals surface area contributed by atoms with E-state index in [1.54, 1.807) is 0 Å². The number of carbonyl (C=O) groups is 1. The number of nitrogens with zero attached hydrogens (tertiary/aromatic N) is 2. The number of nitrogens with one attached hydrogen (secondary N) is 1. The van der Waals surface area contributed by atoms with Gasteiger partial charge >= 0.3 is 0 Å². The second kappa shape index (κ2) is 8.56. The molecule has 1 amide bonds. The maximum atomic E-state index is 12.3. The van der Waals surface area contributed by atoms with Crippen LogP contribution in [0.25, 0.3) is 0 Å². The molecule has 1 aromatic heterocycles. The third-order valence-electron chi connectivity index (χ3n) is 3.17. The van der Waals surface area contributed by atoms with E-state index in [4.69, 9.17) is 11.6 Å². The molecule has 116 valence electrons. The molecule has 0 fully saturated rings. The highest BCUT2D eigenvalue weighted by molar-refractivity contribution is 6.29. The standard InChI is InChI=1S/C14H20ClN3O3/c1-3-5-7-10(6-4-2)17-14(19)11-8-13(15)16-9-12(11)18(20)21/h8-10H,3-7H2,1-2H3,(H,17,19). The summed E-state index contributed by atoms with van der Waals surface area (Å²) in [6.07, 6.45) is 5.70. The topological polar surface area (TPSA) is 85.1 Å². The lowest BCUT2D eigenvalue weighted by Gasteiger charge is -2.17. The Kier molecular flexibility index (Phi) is 7.08. The third-order valence-corrected chi connectivity index (χ3v) is 3.38. The van der Waals surface area contributed by atoms with Crippen molar-refractivity contribution in [2.24, 2.45) is 0 Å². The zero-order valence-corrected chi connectivity index (χ0v) is 13.0. The number of aromatic nitrogens is 1. The number of nitro groups is 1. The van der Waals surface area contributed by atoms with Crippen molar-refractivity contribution < 1.29 is 9.72 Å². The average molecular weight is 314 g/mol. The molecule has 6 nitrogen and oxygen atoms in total. The molecule has 0 aromatic carbocycles. The summed E-state index contributed by atoms with van der Waals surface area (Å²) in [7, 11) is 0. The minimum Gasteiger partial charge on any atom is -0.349 e. The van der Waals surface area contributed by atoms with Crippen molar-refractivity contribution in [3.8, 4) is 0 Å². The monoisotopic (exact) mass is 313 g/mol. The lowest BCUT2D eigenvalue weighted by atomic mass is 10.0. The van der Waals surface area contributed by atoms with Crippen molar-refractivity contribution in [2.75, 3.05) is 0 Å². The Morgan fingerprint density at radius 1 is 1.43 bits per heavy atom. The molecule has 0 saturated carbocycles. The largest absolute Gasteiger partial charge is 0.349 e. The summed E-state index contributed by atoms with van der Waals surface area (Å²) in [5.74, 6) is -0.472. The van der Waals surface area contributed by atoms with Crippen LogP contribution in [0.15, 0.2) is 12.3 Å². The summed E-state index contributed by atoms with van der Waals surface area (Å²) in [6.45, 7) is 4.12. The van der Waals surface area contributed by atoms with E-state index in [0.29, 0.717) is 0 Å². The van der Waals surface area contributed by atoms with Gasteiger partial charge in [-0.15, -0.1) is 0 Å². The first kappa shape index (κ1) is 17.4. The highest BCUT2D eigenvalue weighted by Gasteiger charge is 2.23. The SMILES string of the molecule is CCCCC(CCC)NC(=O)c1cc(Cl)ncc1[N+](=O)[O-]. The minimum absolute atomic E-state index is 0.0222.